The number of carbonyl (C=O) groups excluding carboxylic acids is 1. The Balaban J connectivity index is 0.00000420. The summed E-state index contributed by atoms with van der Waals surface area (Å²) in [6.45, 7) is 3.70. The number of hydrogen-bond acceptors (Lipinski definition) is 5. The van der Waals surface area contributed by atoms with E-state index in [9.17, 15) is 13.2 Å². The van der Waals surface area contributed by atoms with Crippen LogP contribution < -0.4 is 20.7 Å². The predicted molar refractivity (Wildman–Crippen MR) is 126 cm³/mol. The lowest BCUT2D eigenvalue weighted by Gasteiger charge is -2.13. The molecule has 164 valence electrons. The Labute approximate surface area is 190 Å². The summed E-state index contributed by atoms with van der Waals surface area (Å²) < 4.78 is 28.2. The molecule has 2 rings (SSSR count). The fraction of sp³-hybridized carbons (Fsp3) is 0.579. The summed E-state index contributed by atoms with van der Waals surface area (Å²) >= 11 is 0. The normalized spacial score (nSPS) is 17.9. The van der Waals surface area contributed by atoms with E-state index < -0.39 is 9.84 Å². The van der Waals surface area contributed by atoms with Crippen LogP contribution in [0, 0.1) is 0 Å². The van der Waals surface area contributed by atoms with Gasteiger partial charge in [0.2, 0.25) is 5.91 Å². The van der Waals surface area contributed by atoms with E-state index in [0.717, 1.165) is 17.7 Å². The van der Waals surface area contributed by atoms with Gasteiger partial charge in [0, 0.05) is 25.6 Å². The van der Waals surface area contributed by atoms with Crippen LogP contribution in [0.5, 0.6) is 5.75 Å². The Bertz CT molecular complexity index is 786. The minimum atomic E-state index is -2.99. The second-order valence-electron chi connectivity index (χ2n) is 6.67. The Morgan fingerprint density at radius 2 is 2.03 bits per heavy atom. The number of carbonyl (C=O) groups is 1. The number of para-hydroxylation sites is 1. The summed E-state index contributed by atoms with van der Waals surface area (Å²) in [5.74, 6) is 1.52. The zero-order valence-corrected chi connectivity index (χ0v) is 20.1. The van der Waals surface area contributed by atoms with Crippen molar-refractivity contribution in [2.24, 2.45) is 4.99 Å². The van der Waals surface area contributed by atoms with Crippen LogP contribution >= 0.6 is 24.0 Å². The highest BCUT2D eigenvalue weighted by Crippen LogP contribution is 2.17. The number of nitrogens with one attached hydrogen (secondary N) is 3. The Morgan fingerprint density at radius 3 is 2.69 bits per heavy atom. The fourth-order valence-corrected chi connectivity index (χ4v) is 4.72. The molecule has 1 aliphatic heterocycles. The smallest absolute Gasteiger partial charge is 0.222 e. The number of amides is 1. The van der Waals surface area contributed by atoms with Crippen molar-refractivity contribution in [2.75, 3.05) is 38.2 Å². The van der Waals surface area contributed by atoms with Gasteiger partial charge in [0.15, 0.2) is 15.8 Å². The quantitative estimate of drug-likeness (QED) is 0.247. The van der Waals surface area contributed by atoms with Crippen LogP contribution in [-0.2, 0) is 21.1 Å². The van der Waals surface area contributed by atoms with Crippen molar-refractivity contribution in [1.29, 1.82) is 0 Å². The average molecular weight is 538 g/mol. The highest BCUT2D eigenvalue weighted by Gasteiger charge is 2.28. The number of ether oxygens (including phenoxy) is 1. The van der Waals surface area contributed by atoms with Crippen LogP contribution in [0.4, 0.5) is 0 Å². The van der Waals surface area contributed by atoms with E-state index >= 15 is 0 Å². The number of halogens is 1. The van der Waals surface area contributed by atoms with Gasteiger partial charge in [-0.2, -0.15) is 0 Å². The number of nitrogens with zero attached hydrogens (tertiary/aromatic N) is 1. The number of rotatable bonds is 9. The van der Waals surface area contributed by atoms with Crippen LogP contribution in [0.3, 0.4) is 0 Å². The van der Waals surface area contributed by atoms with Crippen molar-refractivity contribution >= 4 is 45.7 Å². The highest BCUT2D eigenvalue weighted by molar-refractivity contribution is 14.0. The molecule has 10 heteroatoms. The molecule has 1 amide bonds. The average Bonchev–Trinajstić information content (AvgIpc) is 3.00. The van der Waals surface area contributed by atoms with Gasteiger partial charge in [-0.05, 0) is 31.4 Å². The first-order chi connectivity index (χ1) is 13.4. The molecular formula is C19H31IN4O4S. The molecular weight excluding hydrogens is 507 g/mol. The largest absolute Gasteiger partial charge is 0.496 e. The minimum Gasteiger partial charge on any atom is -0.496 e. The van der Waals surface area contributed by atoms with Gasteiger partial charge in [-0.25, -0.2) is 8.42 Å². The molecule has 1 aromatic carbocycles. The van der Waals surface area contributed by atoms with Crippen LogP contribution in [0.1, 0.15) is 25.3 Å². The van der Waals surface area contributed by atoms with Crippen LogP contribution in [0.15, 0.2) is 29.3 Å². The molecule has 29 heavy (non-hydrogen) atoms. The van der Waals surface area contributed by atoms with Gasteiger partial charge >= 0.3 is 0 Å². The van der Waals surface area contributed by atoms with Crippen LogP contribution in [0.25, 0.3) is 0 Å². The summed E-state index contributed by atoms with van der Waals surface area (Å²) in [5, 5.41) is 9.18. The van der Waals surface area contributed by atoms with Crippen molar-refractivity contribution in [2.45, 2.75) is 32.2 Å². The van der Waals surface area contributed by atoms with E-state index in [0.29, 0.717) is 32.0 Å². The molecule has 1 saturated heterocycles. The second-order valence-corrected chi connectivity index (χ2v) is 8.90. The third-order valence-electron chi connectivity index (χ3n) is 4.43. The minimum absolute atomic E-state index is 0. The molecule has 3 N–H and O–H groups in total. The van der Waals surface area contributed by atoms with Gasteiger partial charge in [-0.3, -0.25) is 9.79 Å². The second kappa shape index (κ2) is 12.9. The number of guanidine groups is 1. The van der Waals surface area contributed by atoms with Crippen molar-refractivity contribution in [3.8, 4) is 5.75 Å². The van der Waals surface area contributed by atoms with Crippen molar-refractivity contribution < 1.29 is 17.9 Å². The van der Waals surface area contributed by atoms with Crippen LogP contribution in [0.2, 0.25) is 0 Å². The molecule has 1 fully saturated rings. The standard InChI is InChI=1S/C19H30N4O4S.HI/c1-3-20-19(21-11-8-15-6-4-5-7-17(15)27-2)22-12-9-18(24)23-16-10-13-28(25,26)14-16;/h4-7,16H,3,8-14H2,1-2H3,(H,23,24)(H2,20,21,22);1H. The molecule has 1 aliphatic rings. The Morgan fingerprint density at radius 1 is 1.28 bits per heavy atom. The van der Waals surface area contributed by atoms with Crippen LogP contribution in [-0.4, -0.2) is 64.6 Å². The molecule has 0 radical (unpaired) electrons. The van der Waals surface area contributed by atoms with Crippen molar-refractivity contribution in [3.63, 3.8) is 0 Å². The van der Waals surface area contributed by atoms with E-state index in [-0.39, 0.29) is 53.9 Å². The molecule has 8 nitrogen and oxygen atoms in total. The molecule has 0 aliphatic carbocycles. The van der Waals surface area contributed by atoms with Gasteiger partial charge in [0.25, 0.3) is 0 Å². The summed E-state index contributed by atoms with van der Waals surface area (Å²) in [6.07, 6.45) is 1.50. The number of methoxy groups -OCH3 is 1. The summed E-state index contributed by atoms with van der Waals surface area (Å²) in [4.78, 5) is 16.4. The molecule has 1 aromatic rings. The highest BCUT2D eigenvalue weighted by atomic mass is 127. The first kappa shape index (κ1) is 25.5. The van der Waals surface area contributed by atoms with Gasteiger partial charge in [0.05, 0.1) is 25.2 Å². The third-order valence-corrected chi connectivity index (χ3v) is 6.20. The number of benzene rings is 1. The lowest BCUT2D eigenvalue weighted by atomic mass is 10.1. The topological polar surface area (TPSA) is 109 Å². The van der Waals surface area contributed by atoms with E-state index in [1.807, 2.05) is 31.2 Å². The van der Waals surface area contributed by atoms with Gasteiger partial charge in [0.1, 0.15) is 5.75 Å². The number of hydrogen-bond donors (Lipinski definition) is 3. The molecule has 1 unspecified atom stereocenters. The van der Waals surface area contributed by atoms with Gasteiger partial charge in [-0.1, -0.05) is 18.2 Å². The maximum absolute atomic E-state index is 12.0. The van der Waals surface area contributed by atoms with E-state index in [2.05, 4.69) is 20.9 Å². The third kappa shape index (κ3) is 9.20. The zero-order chi connectivity index (χ0) is 20.4. The first-order valence-electron chi connectivity index (χ1n) is 9.57. The van der Waals surface area contributed by atoms with Crippen molar-refractivity contribution in [3.05, 3.63) is 29.8 Å². The molecule has 1 heterocycles. The van der Waals surface area contributed by atoms with E-state index in [1.165, 1.54) is 0 Å². The Kier molecular flexibility index (Phi) is 11.3. The SMILES string of the molecule is CCNC(=NCCC(=O)NC1CCS(=O)(=O)C1)NCCc1ccccc1OC.I. The van der Waals surface area contributed by atoms with Gasteiger partial charge in [-0.15, -0.1) is 24.0 Å². The van der Waals surface area contributed by atoms with Crippen molar-refractivity contribution in [1.82, 2.24) is 16.0 Å². The summed E-state index contributed by atoms with van der Waals surface area (Å²) in [5.41, 5.74) is 1.11. The molecule has 0 bridgehead atoms. The monoisotopic (exact) mass is 538 g/mol. The lowest BCUT2D eigenvalue weighted by Crippen LogP contribution is -2.39. The lowest BCUT2D eigenvalue weighted by molar-refractivity contribution is -0.121. The van der Waals surface area contributed by atoms with Gasteiger partial charge < -0.3 is 20.7 Å². The first-order valence-corrected chi connectivity index (χ1v) is 11.4. The molecule has 0 spiro atoms. The number of sulfone groups is 1. The maximum Gasteiger partial charge on any atom is 0.222 e. The molecule has 1 atom stereocenters. The predicted octanol–water partition coefficient (Wildman–Crippen LogP) is 1.10. The molecule has 0 saturated carbocycles. The zero-order valence-electron chi connectivity index (χ0n) is 16.9. The fourth-order valence-electron chi connectivity index (χ4n) is 3.04. The summed E-state index contributed by atoms with van der Waals surface area (Å²) in [6, 6.07) is 7.60. The summed E-state index contributed by atoms with van der Waals surface area (Å²) in [7, 11) is -1.34. The molecule has 0 aromatic heterocycles. The number of aliphatic imine (C=N–C) groups is 1. The Hall–Kier alpha value is -1.56. The van der Waals surface area contributed by atoms with E-state index in [1.54, 1.807) is 7.11 Å². The maximum atomic E-state index is 12.0. The van der Waals surface area contributed by atoms with E-state index in [4.69, 9.17) is 4.74 Å².